The highest BCUT2D eigenvalue weighted by molar-refractivity contribution is 5.77. The largest absolute Gasteiger partial charge is 0.494 e. The molecule has 0 aliphatic heterocycles. The fraction of sp³-hybridized carbons (Fsp3) is 0.467. The van der Waals surface area contributed by atoms with Crippen molar-refractivity contribution < 1.29 is 9.53 Å². The van der Waals surface area contributed by atoms with Gasteiger partial charge in [-0.25, -0.2) is 0 Å². The number of benzene rings is 1. The van der Waals surface area contributed by atoms with Crippen LogP contribution in [0.25, 0.3) is 0 Å². The van der Waals surface area contributed by atoms with E-state index in [1.807, 2.05) is 39.0 Å². The van der Waals surface area contributed by atoms with Crippen LogP contribution in [0, 0.1) is 17.2 Å². The highest BCUT2D eigenvalue weighted by Crippen LogP contribution is 2.19. The van der Waals surface area contributed by atoms with Crippen LogP contribution in [-0.2, 0) is 4.79 Å². The van der Waals surface area contributed by atoms with Crippen molar-refractivity contribution >= 4 is 5.91 Å². The molecule has 0 saturated carbocycles. The molecule has 0 fully saturated rings. The highest BCUT2D eigenvalue weighted by Gasteiger charge is 2.15. The molecule has 0 aromatic heterocycles. The molecule has 4 nitrogen and oxygen atoms in total. The summed E-state index contributed by atoms with van der Waals surface area (Å²) in [6, 6.07) is 8.72. The van der Waals surface area contributed by atoms with Crippen LogP contribution >= 0.6 is 0 Å². The van der Waals surface area contributed by atoms with Crippen molar-refractivity contribution in [3.05, 3.63) is 29.8 Å². The van der Waals surface area contributed by atoms with Crippen molar-refractivity contribution in [2.75, 3.05) is 6.61 Å². The Morgan fingerprint density at radius 1 is 1.47 bits per heavy atom. The van der Waals surface area contributed by atoms with E-state index >= 15 is 0 Å². The van der Waals surface area contributed by atoms with Crippen LogP contribution in [0.15, 0.2) is 24.3 Å². The maximum atomic E-state index is 11.7. The molecule has 0 aliphatic rings. The molecular weight excluding hydrogens is 240 g/mol. The first-order valence-electron chi connectivity index (χ1n) is 6.48. The Labute approximate surface area is 114 Å². The Kier molecular flexibility index (Phi) is 5.87. The monoisotopic (exact) mass is 260 g/mol. The topological polar surface area (TPSA) is 62.1 Å². The number of rotatable bonds is 6. The number of hydrogen-bond donors (Lipinski definition) is 1. The minimum atomic E-state index is -0.633. The first-order chi connectivity index (χ1) is 9.06. The number of amides is 1. The van der Waals surface area contributed by atoms with E-state index in [0.29, 0.717) is 18.8 Å². The van der Waals surface area contributed by atoms with E-state index in [4.69, 9.17) is 4.74 Å². The van der Waals surface area contributed by atoms with Crippen molar-refractivity contribution in [3.63, 3.8) is 0 Å². The van der Waals surface area contributed by atoms with E-state index in [9.17, 15) is 10.1 Å². The summed E-state index contributed by atoms with van der Waals surface area (Å²) < 4.78 is 5.39. The Morgan fingerprint density at radius 3 is 2.79 bits per heavy atom. The van der Waals surface area contributed by atoms with E-state index < -0.39 is 6.04 Å². The molecule has 0 saturated heterocycles. The van der Waals surface area contributed by atoms with Crippen molar-refractivity contribution in [1.29, 1.82) is 5.26 Å². The smallest absolute Gasteiger partial charge is 0.221 e. The van der Waals surface area contributed by atoms with Gasteiger partial charge in [-0.05, 0) is 30.5 Å². The molecule has 0 bridgehead atoms. The molecule has 1 aromatic carbocycles. The van der Waals surface area contributed by atoms with Gasteiger partial charge in [0.1, 0.15) is 11.8 Å². The minimum Gasteiger partial charge on any atom is -0.494 e. The molecule has 1 N–H and O–H groups in total. The number of ether oxygens (including phenoxy) is 1. The fourth-order valence-electron chi connectivity index (χ4n) is 1.73. The number of carbonyl (C=O) groups excluding carboxylic acids is 1. The maximum absolute atomic E-state index is 11.7. The van der Waals surface area contributed by atoms with Crippen LogP contribution in [0.1, 0.15) is 38.8 Å². The molecule has 1 rings (SSSR count). The molecule has 0 spiro atoms. The summed E-state index contributed by atoms with van der Waals surface area (Å²) in [5, 5.41) is 11.9. The number of nitrogens with one attached hydrogen (secondary N) is 1. The second-order valence-corrected chi connectivity index (χ2v) is 4.73. The molecule has 4 heteroatoms. The quantitative estimate of drug-likeness (QED) is 0.855. The molecule has 1 aromatic rings. The van der Waals surface area contributed by atoms with Gasteiger partial charge in [0.25, 0.3) is 0 Å². The second kappa shape index (κ2) is 7.42. The van der Waals surface area contributed by atoms with Gasteiger partial charge in [-0.2, -0.15) is 5.26 Å². The Bertz CT molecular complexity index is 463. The van der Waals surface area contributed by atoms with Gasteiger partial charge >= 0.3 is 0 Å². The molecule has 0 heterocycles. The van der Waals surface area contributed by atoms with Gasteiger partial charge < -0.3 is 10.1 Å². The summed E-state index contributed by atoms with van der Waals surface area (Å²) in [7, 11) is 0. The molecule has 19 heavy (non-hydrogen) atoms. The third-order valence-corrected chi connectivity index (χ3v) is 2.53. The number of nitriles is 1. The Hall–Kier alpha value is -2.02. The van der Waals surface area contributed by atoms with Crippen LogP contribution in [0.5, 0.6) is 5.75 Å². The molecule has 0 aliphatic carbocycles. The zero-order valence-electron chi connectivity index (χ0n) is 11.6. The van der Waals surface area contributed by atoms with Crippen LogP contribution in [-0.4, -0.2) is 12.5 Å². The van der Waals surface area contributed by atoms with Crippen LogP contribution < -0.4 is 10.1 Å². The third kappa shape index (κ3) is 5.01. The second-order valence-electron chi connectivity index (χ2n) is 4.73. The molecular formula is C15H20N2O2. The van der Waals surface area contributed by atoms with Gasteiger partial charge in [-0.1, -0.05) is 26.0 Å². The summed E-state index contributed by atoms with van der Waals surface area (Å²) in [5.41, 5.74) is 0.741. The van der Waals surface area contributed by atoms with E-state index in [1.165, 1.54) is 0 Å². The average molecular weight is 260 g/mol. The van der Waals surface area contributed by atoms with E-state index in [-0.39, 0.29) is 11.8 Å². The predicted octanol–water partition coefficient (Wildman–Crippen LogP) is 2.81. The van der Waals surface area contributed by atoms with Gasteiger partial charge in [-0.3, -0.25) is 4.79 Å². The average Bonchev–Trinajstić information content (AvgIpc) is 2.36. The minimum absolute atomic E-state index is 0.108. The molecule has 1 unspecified atom stereocenters. The van der Waals surface area contributed by atoms with Crippen molar-refractivity contribution in [2.45, 2.75) is 33.2 Å². The van der Waals surface area contributed by atoms with Gasteiger partial charge in [0.2, 0.25) is 5.91 Å². The SMILES string of the molecule is CCOc1cccc(C(C#N)NC(=O)CC(C)C)c1. The van der Waals surface area contributed by atoms with Crippen molar-refractivity contribution in [2.24, 2.45) is 5.92 Å². The van der Waals surface area contributed by atoms with Crippen LogP contribution in [0.4, 0.5) is 0 Å². The maximum Gasteiger partial charge on any atom is 0.221 e. The van der Waals surface area contributed by atoms with Crippen molar-refractivity contribution in [1.82, 2.24) is 5.32 Å². The first-order valence-corrected chi connectivity index (χ1v) is 6.48. The number of carbonyl (C=O) groups is 1. The first kappa shape index (κ1) is 15.0. The Morgan fingerprint density at radius 2 is 2.21 bits per heavy atom. The summed E-state index contributed by atoms with van der Waals surface area (Å²) in [4.78, 5) is 11.7. The van der Waals surface area contributed by atoms with E-state index in [1.54, 1.807) is 6.07 Å². The summed E-state index contributed by atoms with van der Waals surface area (Å²) in [5.74, 6) is 0.871. The summed E-state index contributed by atoms with van der Waals surface area (Å²) in [6.45, 7) is 6.41. The fourth-order valence-corrected chi connectivity index (χ4v) is 1.73. The van der Waals surface area contributed by atoms with Crippen molar-refractivity contribution in [3.8, 4) is 11.8 Å². The highest BCUT2D eigenvalue weighted by atomic mass is 16.5. The zero-order chi connectivity index (χ0) is 14.3. The van der Waals surface area contributed by atoms with Crippen LogP contribution in [0.2, 0.25) is 0 Å². The number of hydrogen-bond acceptors (Lipinski definition) is 3. The lowest BCUT2D eigenvalue weighted by molar-refractivity contribution is -0.122. The Balaban J connectivity index is 2.77. The van der Waals surface area contributed by atoms with E-state index in [0.717, 1.165) is 5.56 Å². The van der Waals surface area contributed by atoms with E-state index in [2.05, 4.69) is 11.4 Å². The van der Waals surface area contributed by atoms with Gasteiger partial charge in [0, 0.05) is 6.42 Å². The third-order valence-electron chi connectivity index (χ3n) is 2.53. The lowest BCUT2D eigenvalue weighted by Gasteiger charge is -2.14. The molecule has 1 atom stereocenters. The molecule has 102 valence electrons. The predicted molar refractivity (Wildman–Crippen MR) is 73.6 cm³/mol. The number of nitrogens with zero attached hydrogens (tertiary/aromatic N) is 1. The lowest BCUT2D eigenvalue weighted by Crippen LogP contribution is -2.28. The van der Waals surface area contributed by atoms with Gasteiger partial charge in [0.05, 0.1) is 12.7 Å². The summed E-state index contributed by atoms with van der Waals surface area (Å²) >= 11 is 0. The van der Waals surface area contributed by atoms with Gasteiger partial charge in [-0.15, -0.1) is 0 Å². The normalized spacial score (nSPS) is 11.7. The lowest BCUT2D eigenvalue weighted by atomic mass is 10.1. The van der Waals surface area contributed by atoms with Crippen LogP contribution in [0.3, 0.4) is 0 Å². The summed E-state index contributed by atoms with van der Waals surface area (Å²) in [6.07, 6.45) is 0.420. The molecule has 0 radical (unpaired) electrons. The van der Waals surface area contributed by atoms with Gasteiger partial charge in [0.15, 0.2) is 0 Å². The standard InChI is InChI=1S/C15H20N2O2/c1-4-19-13-7-5-6-12(9-13)14(10-16)17-15(18)8-11(2)3/h5-7,9,11,14H,4,8H2,1-3H3,(H,17,18). The zero-order valence-corrected chi connectivity index (χ0v) is 11.6. The molecule has 1 amide bonds.